The lowest BCUT2D eigenvalue weighted by molar-refractivity contribution is 0.161. The smallest absolute Gasteiger partial charge is 0.253 e. The van der Waals surface area contributed by atoms with Crippen LogP contribution in [0.3, 0.4) is 0 Å². The third kappa shape index (κ3) is 1.44. The number of hydrogen-bond donors (Lipinski definition) is 1. The van der Waals surface area contributed by atoms with Gasteiger partial charge >= 0.3 is 0 Å². The van der Waals surface area contributed by atoms with Crippen molar-refractivity contribution in [2.24, 2.45) is 4.99 Å². The molecule has 0 radical (unpaired) electrons. The summed E-state index contributed by atoms with van der Waals surface area (Å²) in [5.74, 6) is 0.582. The summed E-state index contributed by atoms with van der Waals surface area (Å²) < 4.78 is 10.8. The van der Waals surface area contributed by atoms with E-state index in [1.807, 2.05) is 24.3 Å². The Labute approximate surface area is 87.2 Å². The average Bonchev–Trinajstić information content (AvgIpc) is 2.82. The molecule has 0 bridgehead atoms. The van der Waals surface area contributed by atoms with Crippen LogP contribution in [0.15, 0.2) is 41.7 Å². The molecule has 0 aliphatic carbocycles. The molecular weight excluding hydrogens is 192 g/mol. The number of rotatable bonds is 1. The van der Waals surface area contributed by atoms with Gasteiger partial charge in [-0.1, -0.05) is 18.2 Å². The molecule has 1 unspecified atom stereocenters. The van der Waals surface area contributed by atoms with Crippen molar-refractivity contribution >= 4 is 11.6 Å². The molecule has 1 N–H and O–H groups in total. The molecule has 0 saturated heterocycles. The number of hydrogen-bond acceptors (Lipinski definition) is 4. The molecule has 15 heavy (non-hydrogen) atoms. The Morgan fingerprint density at radius 2 is 2.27 bits per heavy atom. The minimum absolute atomic E-state index is 0.279. The Morgan fingerprint density at radius 1 is 1.33 bits per heavy atom. The monoisotopic (exact) mass is 202 g/mol. The Kier molecular flexibility index (Phi) is 1.84. The highest BCUT2D eigenvalue weighted by atomic mass is 16.5. The molecule has 1 aromatic rings. The summed E-state index contributed by atoms with van der Waals surface area (Å²) in [7, 11) is 0. The van der Waals surface area contributed by atoms with Gasteiger partial charge in [0.1, 0.15) is 12.9 Å². The number of nitrogens with one attached hydrogen (secondary N) is 1. The summed E-state index contributed by atoms with van der Waals surface area (Å²) in [4.78, 5) is 4.39. The quantitative estimate of drug-likeness (QED) is 0.753. The molecule has 4 nitrogen and oxygen atoms in total. The predicted octanol–water partition coefficient (Wildman–Crippen LogP) is 1.66. The van der Waals surface area contributed by atoms with E-state index in [9.17, 15) is 0 Å². The number of para-hydroxylation sites is 1. The van der Waals surface area contributed by atoms with Gasteiger partial charge in [0.15, 0.2) is 0 Å². The Morgan fingerprint density at radius 3 is 3.13 bits per heavy atom. The van der Waals surface area contributed by atoms with Crippen LogP contribution in [0.4, 0.5) is 5.69 Å². The van der Waals surface area contributed by atoms with E-state index >= 15 is 0 Å². The molecule has 0 fully saturated rings. The first-order valence-electron chi connectivity index (χ1n) is 4.79. The van der Waals surface area contributed by atoms with Crippen molar-refractivity contribution in [3.05, 3.63) is 42.3 Å². The van der Waals surface area contributed by atoms with Crippen molar-refractivity contribution in [3.63, 3.8) is 0 Å². The summed E-state index contributed by atoms with van der Waals surface area (Å²) in [5.41, 5.74) is 2.06. The molecule has 3 rings (SSSR count). The van der Waals surface area contributed by atoms with Crippen molar-refractivity contribution in [2.75, 3.05) is 0 Å². The van der Waals surface area contributed by atoms with Crippen LogP contribution in [-0.2, 0) is 16.1 Å². The number of ether oxygens (including phenoxy) is 2. The largest absolute Gasteiger partial charge is 0.472 e. The van der Waals surface area contributed by atoms with Gasteiger partial charge in [-0.25, -0.2) is 4.99 Å². The SMILES string of the molecule is C1=COC(C2=Nc3ccccc3CO2)N1. The topological polar surface area (TPSA) is 42.9 Å². The molecular formula is C11H10N2O2. The normalized spacial score (nSPS) is 22.1. The second-order valence-electron chi connectivity index (χ2n) is 3.35. The van der Waals surface area contributed by atoms with E-state index in [2.05, 4.69) is 10.3 Å². The van der Waals surface area contributed by atoms with E-state index in [0.29, 0.717) is 12.5 Å². The van der Waals surface area contributed by atoms with Gasteiger partial charge in [0, 0.05) is 11.8 Å². The van der Waals surface area contributed by atoms with E-state index in [-0.39, 0.29) is 6.23 Å². The molecule has 4 heteroatoms. The number of aliphatic imine (C=N–C) groups is 1. The molecule has 0 spiro atoms. The first-order valence-corrected chi connectivity index (χ1v) is 4.79. The molecule has 2 heterocycles. The van der Waals surface area contributed by atoms with E-state index < -0.39 is 0 Å². The van der Waals surface area contributed by atoms with Crippen LogP contribution in [0.1, 0.15) is 5.56 Å². The lowest BCUT2D eigenvalue weighted by Crippen LogP contribution is -2.33. The van der Waals surface area contributed by atoms with Crippen LogP contribution in [0.25, 0.3) is 0 Å². The minimum atomic E-state index is -0.279. The van der Waals surface area contributed by atoms with Crippen molar-refractivity contribution in [2.45, 2.75) is 12.8 Å². The van der Waals surface area contributed by atoms with Gasteiger partial charge in [-0.2, -0.15) is 0 Å². The van der Waals surface area contributed by atoms with Crippen molar-refractivity contribution in [3.8, 4) is 0 Å². The minimum Gasteiger partial charge on any atom is -0.472 e. The van der Waals surface area contributed by atoms with Gasteiger partial charge in [0.2, 0.25) is 6.23 Å². The number of benzene rings is 1. The second kappa shape index (κ2) is 3.31. The Balaban J connectivity index is 1.91. The molecule has 2 aliphatic heterocycles. The zero-order valence-electron chi connectivity index (χ0n) is 8.01. The van der Waals surface area contributed by atoms with Crippen molar-refractivity contribution < 1.29 is 9.47 Å². The zero-order valence-corrected chi connectivity index (χ0v) is 8.01. The van der Waals surface area contributed by atoms with Crippen molar-refractivity contribution in [1.82, 2.24) is 5.32 Å². The van der Waals surface area contributed by atoms with Crippen LogP contribution in [0.2, 0.25) is 0 Å². The molecule has 0 aromatic heterocycles. The first-order chi connectivity index (χ1) is 7.43. The lowest BCUT2D eigenvalue weighted by Gasteiger charge is -2.20. The maximum atomic E-state index is 5.51. The molecule has 1 aromatic carbocycles. The van der Waals surface area contributed by atoms with Crippen LogP contribution >= 0.6 is 0 Å². The van der Waals surface area contributed by atoms with Crippen molar-refractivity contribution in [1.29, 1.82) is 0 Å². The summed E-state index contributed by atoms with van der Waals surface area (Å²) in [5, 5.41) is 3.00. The van der Waals surface area contributed by atoms with Gasteiger partial charge in [-0.3, -0.25) is 0 Å². The first kappa shape index (κ1) is 8.35. The number of nitrogens with zero attached hydrogens (tertiary/aromatic N) is 1. The Hall–Kier alpha value is -1.97. The highest BCUT2D eigenvalue weighted by Crippen LogP contribution is 2.25. The lowest BCUT2D eigenvalue weighted by atomic mass is 10.2. The fourth-order valence-corrected chi connectivity index (χ4v) is 1.59. The van der Waals surface area contributed by atoms with Crippen LogP contribution in [-0.4, -0.2) is 12.1 Å². The summed E-state index contributed by atoms with van der Waals surface area (Å²) >= 11 is 0. The third-order valence-corrected chi connectivity index (χ3v) is 2.35. The highest BCUT2D eigenvalue weighted by molar-refractivity contribution is 5.85. The van der Waals surface area contributed by atoms with Gasteiger partial charge in [0.05, 0.1) is 5.69 Å². The maximum absolute atomic E-state index is 5.51. The zero-order chi connectivity index (χ0) is 10.1. The van der Waals surface area contributed by atoms with E-state index in [1.54, 1.807) is 12.5 Å². The summed E-state index contributed by atoms with van der Waals surface area (Å²) in [6, 6.07) is 7.93. The fraction of sp³-hybridized carbons (Fsp3) is 0.182. The molecule has 0 saturated carbocycles. The van der Waals surface area contributed by atoms with Gasteiger partial charge in [-0.05, 0) is 6.07 Å². The summed E-state index contributed by atoms with van der Waals surface area (Å²) in [6.07, 6.45) is 3.05. The number of fused-ring (bicyclic) bond motifs is 1. The molecule has 2 aliphatic rings. The van der Waals surface area contributed by atoms with Gasteiger partial charge in [-0.15, -0.1) is 0 Å². The van der Waals surface area contributed by atoms with Crippen LogP contribution < -0.4 is 5.32 Å². The maximum Gasteiger partial charge on any atom is 0.253 e. The molecule has 0 amide bonds. The van der Waals surface area contributed by atoms with E-state index in [1.165, 1.54) is 0 Å². The van der Waals surface area contributed by atoms with E-state index in [0.717, 1.165) is 11.3 Å². The fourth-order valence-electron chi connectivity index (χ4n) is 1.59. The average molecular weight is 202 g/mol. The van der Waals surface area contributed by atoms with Gasteiger partial charge < -0.3 is 14.8 Å². The Bertz CT molecular complexity index is 432. The molecule has 1 atom stereocenters. The third-order valence-electron chi connectivity index (χ3n) is 2.35. The summed E-state index contributed by atoms with van der Waals surface area (Å²) in [6.45, 7) is 0.552. The highest BCUT2D eigenvalue weighted by Gasteiger charge is 2.23. The standard InChI is InChI=1S/C11H10N2O2/c1-2-4-9-8(3-1)7-15-11(13-9)10-12-5-6-14-10/h1-6,10,12H,7H2. The van der Waals surface area contributed by atoms with E-state index in [4.69, 9.17) is 9.47 Å². The second-order valence-corrected chi connectivity index (χ2v) is 3.35. The van der Waals surface area contributed by atoms with Crippen LogP contribution in [0, 0.1) is 0 Å². The molecule has 76 valence electrons. The predicted molar refractivity (Wildman–Crippen MR) is 55.5 cm³/mol. The van der Waals surface area contributed by atoms with Crippen LogP contribution in [0.5, 0.6) is 0 Å². The van der Waals surface area contributed by atoms with Gasteiger partial charge in [0.25, 0.3) is 5.90 Å².